The van der Waals surface area contributed by atoms with Crippen molar-refractivity contribution in [3.63, 3.8) is 0 Å². The lowest BCUT2D eigenvalue weighted by Crippen LogP contribution is -3.00. The summed E-state index contributed by atoms with van der Waals surface area (Å²) in [5, 5.41) is 0. The summed E-state index contributed by atoms with van der Waals surface area (Å²) in [6.07, 6.45) is 15.4. The van der Waals surface area contributed by atoms with Crippen LogP contribution in [0.25, 0.3) is 0 Å². The lowest BCUT2D eigenvalue weighted by molar-refractivity contribution is -1.09. The maximum absolute atomic E-state index is 5.77. The second-order valence-corrected chi connectivity index (χ2v) is 6.67. The third-order valence-corrected chi connectivity index (χ3v) is 4.50. The smallest absolute Gasteiger partial charge is 0.116 e. The van der Waals surface area contributed by atoms with Crippen LogP contribution < -0.4 is 12.4 Å². The summed E-state index contributed by atoms with van der Waals surface area (Å²) in [7, 11) is 4.34. The van der Waals surface area contributed by atoms with Gasteiger partial charge in [0.2, 0.25) is 0 Å². The van der Waals surface area contributed by atoms with Gasteiger partial charge in [-0.2, -0.15) is 4.65 Å². The number of nitrogens with zero attached hydrogens (tertiary/aromatic N) is 1. The summed E-state index contributed by atoms with van der Waals surface area (Å²) in [6.45, 7) is 7.47. The molecule has 0 aliphatic rings. The average Bonchev–Trinajstić information content (AvgIpc) is 2.40. The van der Waals surface area contributed by atoms with Gasteiger partial charge in [-0.05, 0) is 20.3 Å². The summed E-state index contributed by atoms with van der Waals surface area (Å²) < 4.78 is 0.702. The van der Waals surface area contributed by atoms with Gasteiger partial charge in [0.1, 0.15) is 12.6 Å². The van der Waals surface area contributed by atoms with Crippen LogP contribution in [0.5, 0.6) is 0 Å². The van der Waals surface area contributed by atoms with Crippen molar-refractivity contribution >= 4 is 0 Å². The maximum atomic E-state index is 5.77. The lowest BCUT2D eigenvalue weighted by Gasteiger charge is -2.32. The maximum Gasteiger partial charge on any atom is 0.116 e. The minimum Gasteiger partial charge on any atom is -1.00 e. The minimum atomic E-state index is 0. The molecule has 0 saturated heterocycles. The van der Waals surface area contributed by atoms with Gasteiger partial charge in [0.25, 0.3) is 0 Å². The Morgan fingerprint density at radius 1 is 0.762 bits per heavy atom. The summed E-state index contributed by atoms with van der Waals surface area (Å²) in [4.78, 5) is 5.77. The van der Waals surface area contributed by atoms with Crippen LogP contribution in [0.1, 0.15) is 91.4 Å². The first-order chi connectivity index (χ1) is 9.54. The summed E-state index contributed by atoms with van der Waals surface area (Å²) in [5.41, 5.74) is 0. The number of hydroxylamine groups is 3. The zero-order chi connectivity index (χ0) is 15.3. The fraction of sp³-hybridized carbons (Fsp3) is 1.00. The third kappa shape index (κ3) is 13.6. The molecule has 0 aromatic rings. The van der Waals surface area contributed by atoms with E-state index in [1.165, 1.54) is 70.6 Å². The van der Waals surface area contributed by atoms with Crippen molar-refractivity contribution in [3.05, 3.63) is 0 Å². The second kappa shape index (κ2) is 15.1. The van der Waals surface area contributed by atoms with E-state index in [4.69, 9.17) is 4.84 Å². The fourth-order valence-electron chi connectivity index (χ4n) is 2.70. The molecule has 0 fully saturated rings. The summed E-state index contributed by atoms with van der Waals surface area (Å²) in [5.74, 6) is 0. The Morgan fingerprint density at radius 2 is 1.19 bits per heavy atom. The minimum absolute atomic E-state index is 0. The molecule has 0 radical (unpaired) electrons. The number of hydrogen-bond donors (Lipinski definition) is 0. The highest BCUT2D eigenvalue weighted by Gasteiger charge is 2.24. The predicted molar refractivity (Wildman–Crippen MR) is 89.7 cm³/mol. The van der Waals surface area contributed by atoms with Crippen LogP contribution in [0.3, 0.4) is 0 Å². The van der Waals surface area contributed by atoms with E-state index < -0.39 is 0 Å². The van der Waals surface area contributed by atoms with E-state index in [0.29, 0.717) is 10.7 Å². The van der Waals surface area contributed by atoms with E-state index >= 15 is 0 Å². The Morgan fingerprint density at radius 3 is 1.62 bits per heavy atom. The van der Waals surface area contributed by atoms with E-state index in [1.807, 2.05) is 0 Å². The Balaban J connectivity index is 0. The largest absolute Gasteiger partial charge is 1.00 e. The highest BCUT2D eigenvalue weighted by atomic mass is 35.5. The van der Waals surface area contributed by atoms with Gasteiger partial charge >= 0.3 is 0 Å². The van der Waals surface area contributed by atoms with Gasteiger partial charge in [-0.1, -0.05) is 64.7 Å². The number of halogens is 1. The first kappa shape index (κ1) is 23.5. The molecule has 0 amide bonds. The van der Waals surface area contributed by atoms with Crippen LogP contribution in [0.2, 0.25) is 0 Å². The van der Waals surface area contributed by atoms with Gasteiger partial charge in [-0.3, -0.25) is 0 Å². The van der Waals surface area contributed by atoms with Gasteiger partial charge in [0.05, 0.1) is 14.1 Å². The topological polar surface area (TPSA) is 9.23 Å². The number of rotatable bonds is 14. The summed E-state index contributed by atoms with van der Waals surface area (Å²) in [6, 6.07) is 0.601. The van der Waals surface area contributed by atoms with Crippen molar-refractivity contribution in [2.75, 3.05) is 20.7 Å². The first-order valence-electron chi connectivity index (χ1n) is 9.02. The Bertz CT molecular complexity index is 209. The summed E-state index contributed by atoms with van der Waals surface area (Å²) >= 11 is 0. The number of hydrogen-bond acceptors (Lipinski definition) is 1. The molecule has 0 rings (SSSR count). The van der Waals surface area contributed by atoms with Gasteiger partial charge < -0.3 is 12.4 Å². The van der Waals surface area contributed by atoms with Gasteiger partial charge in [0, 0.05) is 6.42 Å². The molecule has 0 bridgehead atoms. The molecule has 21 heavy (non-hydrogen) atoms. The third-order valence-electron chi connectivity index (χ3n) is 4.50. The molecule has 0 heterocycles. The zero-order valence-electron chi connectivity index (χ0n) is 15.3. The normalized spacial score (nSPS) is 13.0. The SMILES string of the molecule is CCCCCCCCCCCCC(C)[N+](C)(C)OCC.[Cl-]. The van der Waals surface area contributed by atoms with Crippen LogP contribution in [0, 0.1) is 0 Å². The molecule has 0 aromatic heterocycles. The van der Waals surface area contributed by atoms with Crippen molar-refractivity contribution in [1.29, 1.82) is 0 Å². The molecule has 3 heteroatoms. The van der Waals surface area contributed by atoms with Crippen molar-refractivity contribution < 1.29 is 21.9 Å². The standard InChI is InChI=1S/C18H40NO.ClH/c1-6-8-9-10-11-12-13-14-15-16-17-18(3)19(4,5)20-7-2;/h18H,6-17H2,1-5H3;1H/q+1;/p-1. The number of quaternary nitrogens is 1. The molecule has 2 nitrogen and oxygen atoms in total. The molecular formula is C18H40ClNO. The molecule has 0 aliphatic carbocycles. The molecular weight excluding hydrogens is 282 g/mol. The van der Waals surface area contributed by atoms with Crippen LogP contribution in [-0.2, 0) is 4.84 Å². The highest BCUT2D eigenvalue weighted by Crippen LogP contribution is 2.16. The van der Waals surface area contributed by atoms with Crippen molar-refractivity contribution in [1.82, 2.24) is 0 Å². The van der Waals surface area contributed by atoms with Crippen molar-refractivity contribution in [2.45, 2.75) is 97.4 Å². The van der Waals surface area contributed by atoms with Crippen LogP contribution in [-0.4, -0.2) is 31.4 Å². The molecule has 1 unspecified atom stereocenters. The average molecular weight is 322 g/mol. The monoisotopic (exact) mass is 321 g/mol. The van der Waals surface area contributed by atoms with Crippen LogP contribution >= 0.6 is 0 Å². The predicted octanol–water partition coefficient (Wildman–Crippen LogP) is 2.72. The molecule has 0 N–H and O–H groups in total. The fourth-order valence-corrected chi connectivity index (χ4v) is 2.70. The van der Waals surface area contributed by atoms with Gasteiger partial charge in [-0.15, -0.1) is 0 Å². The molecule has 1 atom stereocenters. The Kier molecular flexibility index (Phi) is 16.9. The van der Waals surface area contributed by atoms with Crippen molar-refractivity contribution in [3.8, 4) is 0 Å². The quantitative estimate of drug-likeness (QED) is 0.271. The highest BCUT2D eigenvalue weighted by molar-refractivity contribution is 4.52. The first-order valence-corrected chi connectivity index (χ1v) is 9.02. The zero-order valence-corrected chi connectivity index (χ0v) is 16.1. The number of unbranched alkanes of at least 4 members (excludes halogenated alkanes) is 9. The lowest BCUT2D eigenvalue weighted by atomic mass is 10.0. The van der Waals surface area contributed by atoms with E-state index in [-0.39, 0.29) is 12.4 Å². The van der Waals surface area contributed by atoms with Gasteiger partial charge in [-0.25, -0.2) is 4.84 Å². The molecule has 0 aliphatic heterocycles. The Labute approximate surface area is 140 Å². The van der Waals surface area contributed by atoms with Crippen molar-refractivity contribution in [2.24, 2.45) is 0 Å². The van der Waals surface area contributed by atoms with E-state index in [2.05, 4.69) is 34.9 Å². The van der Waals surface area contributed by atoms with E-state index in [1.54, 1.807) is 0 Å². The molecule has 0 aromatic carbocycles. The molecule has 0 saturated carbocycles. The van der Waals surface area contributed by atoms with Crippen LogP contribution in [0.15, 0.2) is 0 Å². The van der Waals surface area contributed by atoms with Gasteiger partial charge in [0.15, 0.2) is 0 Å². The van der Waals surface area contributed by atoms with Crippen LogP contribution in [0.4, 0.5) is 0 Å². The van der Waals surface area contributed by atoms with E-state index in [0.717, 1.165) is 6.61 Å². The molecule has 130 valence electrons. The van der Waals surface area contributed by atoms with E-state index in [9.17, 15) is 0 Å². The second-order valence-electron chi connectivity index (χ2n) is 6.67. The molecule has 0 spiro atoms. The Hall–Kier alpha value is 0.210.